The van der Waals surface area contributed by atoms with Crippen molar-refractivity contribution in [1.82, 2.24) is 9.55 Å². The number of rotatable bonds is 6. The van der Waals surface area contributed by atoms with E-state index in [1.165, 1.54) is 11.8 Å². The fourth-order valence-corrected chi connectivity index (χ4v) is 4.80. The zero-order chi connectivity index (χ0) is 22.0. The van der Waals surface area contributed by atoms with Crippen molar-refractivity contribution in [2.45, 2.75) is 42.9 Å². The molecule has 1 aromatic heterocycles. The van der Waals surface area contributed by atoms with E-state index in [-0.39, 0.29) is 18.2 Å². The van der Waals surface area contributed by atoms with Gasteiger partial charge in [-0.05, 0) is 35.9 Å². The van der Waals surface area contributed by atoms with Crippen LogP contribution >= 0.6 is 23.4 Å². The number of imidazole rings is 1. The zero-order valence-electron chi connectivity index (χ0n) is 17.3. The molecule has 0 saturated carbocycles. The number of amides is 2. The van der Waals surface area contributed by atoms with E-state index >= 15 is 0 Å². The van der Waals surface area contributed by atoms with Gasteiger partial charge in [-0.15, -0.1) is 11.8 Å². The van der Waals surface area contributed by atoms with E-state index in [9.17, 15) is 9.59 Å². The van der Waals surface area contributed by atoms with Crippen molar-refractivity contribution in [3.63, 3.8) is 0 Å². The summed E-state index contributed by atoms with van der Waals surface area (Å²) >= 11 is 7.37. The minimum absolute atomic E-state index is 0.0851. The van der Waals surface area contributed by atoms with Gasteiger partial charge < -0.3 is 15.2 Å². The van der Waals surface area contributed by atoms with Crippen LogP contribution in [0.15, 0.2) is 59.8 Å². The van der Waals surface area contributed by atoms with Gasteiger partial charge in [0.05, 0.1) is 10.9 Å². The van der Waals surface area contributed by atoms with Crippen molar-refractivity contribution >= 4 is 46.6 Å². The summed E-state index contributed by atoms with van der Waals surface area (Å²) in [4.78, 5) is 30.4. The number of carbonyl (C=O) groups excluding carboxylic acids is 2. The molecule has 1 aliphatic rings. The Hall–Kier alpha value is -2.77. The number of nitrogens with one attached hydrogen (secondary N) is 2. The summed E-state index contributed by atoms with van der Waals surface area (Å²) in [6.45, 7) is 4.90. The standard InChI is InChI=1S/C23H23ClN4O2S/c1-14(2)22-25-8-9-28(22)13-15-4-3-5-17(10-15)26-21(29)12-20-23(30)27-18-11-16(24)6-7-19(18)31-20/h3-11,14,20H,12-13H2,1-2H3,(H,26,29)(H,27,30). The number of nitrogens with zero attached hydrogens (tertiary/aromatic N) is 2. The minimum Gasteiger partial charge on any atom is -0.330 e. The largest absolute Gasteiger partial charge is 0.330 e. The maximum absolute atomic E-state index is 12.6. The van der Waals surface area contributed by atoms with Crippen molar-refractivity contribution in [2.75, 3.05) is 10.6 Å². The smallest absolute Gasteiger partial charge is 0.238 e. The lowest BCUT2D eigenvalue weighted by molar-refractivity contribution is -0.120. The van der Waals surface area contributed by atoms with E-state index in [2.05, 4.69) is 34.0 Å². The van der Waals surface area contributed by atoms with Gasteiger partial charge in [0.2, 0.25) is 11.8 Å². The molecule has 6 nitrogen and oxygen atoms in total. The number of hydrogen-bond acceptors (Lipinski definition) is 4. The number of carbonyl (C=O) groups is 2. The van der Waals surface area contributed by atoms with E-state index in [1.807, 2.05) is 36.5 Å². The van der Waals surface area contributed by atoms with Gasteiger partial charge in [0.25, 0.3) is 0 Å². The van der Waals surface area contributed by atoms with Crippen LogP contribution in [0.1, 0.15) is 37.6 Å². The second-order valence-corrected chi connectivity index (χ2v) is 9.44. The highest BCUT2D eigenvalue weighted by Gasteiger charge is 2.29. The molecule has 0 saturated heterocycles. The molecule has 4 rings (SSSR count). The molecule has 2 amide bonds. The number of aromatic nitrogens is 2. The van der Waals surface area contributed by atoms with Crippen LogP contribution in [-0.2, 0) is 16.1 Å². The molecular formula is C23H23ClN4O2S. The predicted octanol–water partition coefficient (Wildman–Crippen LogP) is 5.15. The number of fused-ring (bicyclic) bond motifs is 1. The Morgan fingerprint density at radius 2 is 2.13 bits per heavy atom. The molecule has 0 aliphatic carbocycles. The molecule has 0 bridgehead atoms. The Bertz CT molecular complexity index is 1130. The second kappa shape index (κ2) is 9.16. The van der Waals surface area contributed by atoms with Gasteiger partial charge in [0.1, 0.15) is 5.82 Å². The number of halogens is 1. The molecule has 0 fully saturated rings. The van der Waals surface area contributed by atoms with Crippen LogP contribution in [0, 0.1) is 0 Å². The third-order valence-electron chi connectivity index (χ3n) is 4.96. The first-order valence-electron chi connectivity index (χ1n) is 10.1. The van der Waals surface area contributed by atoms with Gasteiger partial charge in [-0.3, -0.25) is 9.59 Å². The lowest BCUT2D eigenvalue weighted by Crippen LogP contribution is -2.32. The van der Waals surface area contributed by atoms with Crippen LogP contribution in [0.4, 0.5) is 11.4 Å². The minimum atomic E-state index is -0.489. The van der Waals surface area contributed by atoms with Crippen molar-refractivity contribution in [3.05, 3.63) is 71.3 Å². The molecule has 2 heterocycles. The van der Waals surface area contributed by atoms with E-state index in [0.717, 1.165) is 16.3 Å². The maximum atomic E-state index is 12.6. The predicted molar refractivity (Wildman–Crippen MR) is 125 cm³/mol. The van der Waals surface area contributed by atoms with Crippen molar-refractivity contribution in [2.24, 2.45) is 0 Å². The first-order valence-corrected chi connectivity index (χ1v) is 11.3. The maximum Gasteiger partial charge on any atom is 0.238 e. The van der Waals surface area contributed by atoms with Crippen LogP contribution in [0.3, 0.4) is 0 Å². The Kier molecular flexibility index (Phi) is 6.34. The topological polar surface area (TPSA) is 76.0 Å². The summed E-state index contributed by atoms with van der Waals surface area (Å²) in [6, 6.07) is 13.1. The van der Waals surface area contributed by atoms with Gasteiger partial charge >= 0.3 is 0 Å². The van der Waals surface area contributed by atoms with Gasteiger partial charge in [-0.1, -0.05) is 37.6 Å². The van der Waals surface area contributed by atoms with Crippen LogP contribution < -0.4 is 10.6 Å². The zero-order valence-corrected chi connectivity index (χ0v) is 18.8. The Labute approximate surface area is 190 Å². The van der Waals surface area contributed by atoms with E-state index in [1.54, 1.807) is 18.3 Å². The number of benzene rings is 2. The first kappa shape index (κ1) is 21.5. The number of hydrogen-bond donors (Lipinski definition) is 2. The lowest BCUT2D eigenvalue weighted by Gasteiger charge is -2.23. The SMILES string of the molecule is CC(C)c1nccn1Cc1cccc(NC(=O)CC2Sc3ccc(Cl)cc3NC2=O)c1. The molecule has 1 atom stereocenters. The second-order valence-electron chi connectivity index (χ2n) is 7.76. The molecule has 1 aliphatic heterocycles. The summed E-state index contributed by atoms with van der Waals surface area (Å²) in [5.74, 6) is 0.965. The van der Waals surface area contributed by atoms with Crippen LogP contribution in [-0.4, -0.2) is 26.6 Å². The lowest BCUT2D eigenvalue weighted by atomic mass is 10.1. The van der Waals surface area contributed by atoms with Crippen LogP contribution in [0.5, 0.6) is 0 Å². The van der Waals surface area contributed by atoms with Crippen molar-refractivity contribution < 1.29 is 9.59 Å². The van der Waals surface area contributed by atoms with Gasteiger partial charge in [0, 0.05) is 46.9 Å². The van der Waals surface area contributed by atoms with Crippen molar-refractivity contribution in [1.29, 1.82) is 0 Å². The highest BCUT2D eigenvalue weighted by atomic mass is 35.5. The van der Waals surface area contributed by atoms with Crippen LogP contribution in [0.2, 0.25) is 5.02 Å². The van der Waals surface area contributed by atoms with Gasteiger partial charge in [-0.2, -0.15) is 0 Å². The van der Waals surface area contributed by atoms with Gasteiger partial charge in [0.15, 0.2) is 0 Å². The normalized spacial score (nSPS) is 15.5. The average molecular weight is 455 g/mol. The summed E-state index contributed by atoms with van der Waals surface area (Å²) in [5.41, 5.74) is 2.46. The highest BCUT2D eigenvalue weighted by Crippen LogP contribution is 2.38. The number of thioether (sulfide) groups is 1. The molecule has 2 N–H and O–H groups in total. The van der Waals surface area contributed by atoms with Crippen LogP contribution in [0.25, 0.3) is 0 Å². The summed E-state index contributed by atoms with van der Waals surface area (Å²) in [7, 11) is 0. The summed E-state index contributed by atoms with van der Waals surface area (Å²) in [5, 5.41) is 5.83. The first-order chi connectivity index (χ1) is 14.9. The van der Waals surface area contributed by atoms with Gasteiger partial charge in [-0.25, -0.2) is 4.98 Å². The molecule has 0 spiro atoms. The third kappa shape index (κ3) is 5.11. The molecule has 0 radical (unpaired) electrons. The molecule has 3 aromatic rings. The highest BCUT2D eigenvalue weighted by molar-refractivity contribution is 8.01. The molecule has 31 heavy (non-hydrogen) atoms. The number of anilines is 2. The van der Waals surface area contributed by atoms with E-state index in [4.69, 9.17) is 11.6 Å². The molecule has 2 aromatic carbocycles. The average Bonchev–Trinajstić information content (AvgIpc) is 3.17. The molecule has 160 valence electrons. The Morgan fingerprint density at radius 1 is 1.29 bits per heavy atom. The molecule has 1 unspecified atom stereocenters. The fraction of sp³-hybridized carbons (Fsp3) is 0.261. The van der Waals surface area contributed by atoms with Crippen molar-refractivity contribution in [3.8, 4) is 0 Å². The van der Waals surface area contributed by atoms with E-state index in [0.29, 0.717) is 28.9 Å². The Balaban J connectivity index is 1.40. The third-order valence-corrected chi connectivity index (χ3v) is 6.47. The summed E-state index contributed by atoms with van der Waals surface area (Å²) in [6.07, 6.45) is 3.85. The quantitative estimate of drug-likeness (QED) is 0.540. The monoisotopic (exact) mass is 454 g/mol. The Morgan fingerprint density at radius 3 is 2.94 bits per heavy atom. The van der Waals surface area contributed by atoms with E-state index < -0.39 is 5.25 Å². The molecule has 8 heteroatoms. The fourth-order valence-electron chi connectivity index (χ4n) is 3.54. The summed E-state index contributed by atoms with van der Waals surface area (Å²) < 4.78 is 2.11. The molecular weight excluding hydrogens is 432 g/mol.